The second-order valence-corrected chi connectivity index (χ2v) is 7.84. The minimum atomic E-state index is -3.48. The normalized spacial score (nSPS) is 18.6. The predicted molar refractivity (Wildman–Crippen MR) is 93.4 cm³/mol. The molecule has 2 rings (SSSR count). The van der Waals surface area contributed by atoms with Crippen LogP contribution in [0.2, 0.25) is 0 Å². The number of carbonyl (C=O) groups is 1. The first-order valence-electron chi connectivity index (χ1n) is 8.07. The van der Waals surface area contributed by atoms with E-state index in [0.717, 1.165) is 5.56 Å². The van der Waals surface area contributed by atoms with Crippen LogP contribution in [0.4, 0.5) is 0 Å². The van der Waals surface area contributed by atoms with Crippen LogP contribution < -0.4 is 5.32 Å². The van der Waals surface area contributed by atoms with Crippen LogP contribution in [-0.4, -0.2) is 49.5 Å². The van der Waals surface area contributed by atoms with Crippen LogP contribution in [-0.2, 0) is 14.8 Å². The van der Waals surface area contributed by atoms with Gasteiger partial charge in [-0.15, -0.1) is 0 Å². The fraction of sp³-hybridized carbons (Fsp3) is 0.471. The van der Waals surface area contributed by atoms with Crippen molar-refractivity contribution >= 4 is 22.0 Å². The summed E-state index contributed by atoms with van der Waals surface area (Å²) in [5.41, 5.74) is 0.827. The van der Waals surface area contributed by atoms with Gasteiger partial charge in [-0.2, -0.15) is 4.31 Å². The molecule has 24 heavy (non-hydrogen) atoms. The summed E-state index contributed by atoms with van der Waals surface area (Å²) in [7, 11) is -3.48. The van der Waals surface area contributed by atoms with E-state index < -0.39 is 10.0 Å². The Labute approximate surface area is 143 Å². The first-order valence-corrected chi connectivity index (χ1v) is 9.57. The van der Waals surface area contributed by atoms with Gasteiger partial charge in [-0.25, -0.2) is 8.42 Å². The molecular formula is C17H24N2O4S. The van der Waals surface area contributed by atoms with Gasteiger partial charge in [0.15, 0.2) is 0 Å². The molecule has 1 fully saturated rings. The Morgan fingerprint density at radius 1 is 1.33 bits per heavy atom. The van der Waals surface area contributed by atoms with E-state index in [1.54, 1.807) is 13.0 Å². The third-order valence-electron chi connectivity index (χ3n) is 4.08. The first kappa shape index (κ1) is 18.6. The lowest BCUT2D eigenvalue weighted by molar-refractivity contribution is -0.127. The number of piperidine rings is 1. The van der Waals surface area contributed by atoms with Gasteiger partial charge in [0.05, 0.1) is 6.61 Å². The van der Waals surface area contributed by atoms with E-state index >= 15 is 0 Å². The van der Waals surface area contributed by atoms with Crippen molar-refractivity contribution in [3.8, 4) is 0 Å². The fourth-order valence-electron chi connectivity index (χ4n) is 2.59. The molecule has 0 aliphatic carbocycles. The maximum absolute atomic E-state index is 12.4. The Balaban J connectivity index is 1.91. The molecule has 0 bridgehead atoms. The number of sulfonamides is 1. The predicted octanol–water partition coefficient (Wildman–Crippen LogP) is 1.20. The van der Waals surface area contributed by atoms with Crippen molar-refractivity contribution in [1.29, 1.82) is 0 Å². The summed E-state index contributed by atoms with van der Waals surface area (Å²) < 4.78 is 26.1. The molecule has 0 radical (unpaired) electrons. The lowest BCUT2D eigenvalue weighted by Crippen LogP contribution is -2.45. The second kappa shape index (κ2) is 8.41. The van der Waals surface area contributed by atoms with Gasteiger partial charge in [0, 0.05) is 30.5 Å². The zero-order chi connectivity index (χ0) is 17.6. The number of benzene rings is 1. The lowest BCUT2D eigenvalue weighted by Gasteiger charge is -2.30. The average Bonchev–Trinajstić information content (AvgIpc) is 2.61. The lowest BCUT2D eigenvalue weighted by atomic mass is 9.97. The quantitative estimate of drug-likeness (QED) is 0.805. The molecule has 1 unspecified atom stereocenters. The molecule has 0 spiro atoms. The summed E-state index contributed by atoms with van der Waals surface area (Å²) in [4.78, 5) is 12.0. The molecule has 0 aromatic heterocycles. The molecule has 2 N–H and O–H groups in total. The topological polar surface area (TPSA) is 86.7 Å². The van der Waals surface area contributed by atoms with Crippen LogP contribution in [0.15, 0.2) is 35.7 Å². The molecule has 6 nitrogen and oxygen atoms in total. The molecule has 1 saturated heterocycles. The third-order valence-corrected chi connectivity index (χ3v) is 5.64. The monoisotopic (exact) mass is 352 g/mol. The molecular weight excluding hydrogens is 328 g/mol. The summed E-state index contributed by atoms with van der Waals surface area (Å²) in [6.45, 7) is 2.27. The zero-order valence-corrected chi connectivity index (χ0v) is 14.6. The summed E-state index contributed by atoms with van der Waals surface area (Å²) in [5, 5.41) is 12.9. The SMILES string of the molecule is CC(CO)NC(=O)C1CCN(S(=O)(=O)/C=C/c2ccccc2)CC1. The molecule has 0 saturated carbocycles. The van der Waals surface area contributed by atoms with E-state index in [2.05, 4.69) is 5.32 Å². The van der Waals surface area contributed by atoms with Crippen molar-refractivity contribution in [3.63, 3.8) is 0 Å². The highest BCUT2D eigenvalue weighted by molar-refractivity contribution is 7.92. The highest BCUT2D eigenvalue weighted by Crippen LogP contribution is 2.21. The zero-order valence-electron chi connectivity index (χ0n) is 13.8. The molecule has 1 aliphatic rings. The Morgan fingerprint density at radius 2 is 1.96 bits per heavy atom. The number of nitrogens with zero attached hydrogens (tertiary/aromatic N) is 1. The van der Waals surface area contributed by atoms with Crippen LogP contribution in [0.25, 0.3) is 6.08 Å². The van der Waals surface area contributed by atoms with Gasteiger partial charge < -0.3 is 10.4 Å². The van der Waals surface area contributed by atoms with Crippen molar-refractivity contribution < 1.29 is 18.3 Å². The molecule has 1 amide bonds. The number of hydrogen-bond acceptors (Lipinski definition) is 4. The minimum Gasteiger partial charge on any atom is -0.394 e. The summed E-state index contributed by atoms with van der Waals surface area (Å²) in [6, 6.07) is 8.97. The maximum atomic E-state index is 12.4. The molecule has 1 aromatic carbocycles. The van der Waals surface area contributed by atoms with Crippen LogP contribution in [0.1, 0.15) is 25.3 Å². The van der Waals surface area contributed by atoms with Crippen LogP contribution >= 0.6 is 0 Å². The van der Waals surface area contributed by atoms with Crippen LogP contribution in [0.5, 0.6) is 0 Å². The molecule has 1 heterocycles. The number of amides is 1. The summed E-state index contributed by atoms with van der Waals surface area (Å²) >= 11 is 0. The van der Waals surface area contributed by atoms with Gasteiger partial charge in [-0.05, 0) is 31.4 Å². The van der Waals surface area contributed by atoms with Crippen LogP contribution in [0.3, 0.4) is 0 Å². The average molecular weight is 352 g/mol. The van der Waals surface area contributed by atoms with Crippen molar-refractivity contribution in [1.82, 2.24) is 9.62 Å². The molecule has 1 atom stereocenters. The summed E-state index contributed by atoms with van der Waals surface area (Å²) in [5.74, 6) is -0.322. The van der Waals surface area contributed by atoms with Gasteiger partial charge in [0.1, 0.15) is 0 Å². The van der Waals surface area contributed by atoms with E-state index in [-0.39, 0.29) is 24.5 Å². The Bertz CT molecular complexity index is 665. The fourth-order valence-corrected chi connectivity index (χ4v) is 3.81. The number of hydrogen-bond donors (Lipinski definition) is 2. The van der Waals surface area contributed by atoms with E-state index in [4.69, 9.17) is 5.11 Å². The highest BCUT2D eigenvalue weighted by Gasteiger charge is 2.30. The standard InChI is InChI=1S/C17H24N2O4S/c1-14(13-20)18-17(21)16-7-10-19(11-8-16)24(22,23)12-9-15-5-3-2-4-6-15/h2-6,9,12,14,16,20H,7-8,10-11,13H2,1H3,(H,18,21)/b12-9+. The number of rotatable bonds is 6. The van der Waals surface area contributed by atoms with Crippen LogP contribution in [0, 0.1) is 5.92 Å². The van der Waals surface area contributed by atoms with Gasteiger partial charge >= 0.3 is 0 Å². The van der Waals surface area contributed by atoms with Gasteiger partial charge in [0.2, 0.25) is 15.9 Å². The number of carbonyl (C=O) groups excluding carboxylic acids is 1. The number of aliphatic hydroxyl groups is 1. The first-order chi connectivity index (χ1) is 11.4. The Hall–Kier alpha value is -1.70. The van der Waals surface area contributed by atoms with Crippen molar-refractivity contribution in [2.75, 3.05) is 19.7 Å². The molecule has 1 aliphatic heterocycles. The third kappa shape index (κ3) is 5.15. The van der Waals surface area contributed by atoms with Gasteiger partial charge in [0.25, 0.3) is 0 Å². The molecule has 132 valence electrons. The van der Waals surface area contributed by atoms with Crippen molar-refractivity contribution in [2.45, 2.75) is 25.8 Å². The van der Waals surface area contributed by atoms with Crippen molar-refractivity contribution in [3.05, 3.63) is 41.3 Å². The number of nitrogens with one attached hydrogen (secondary N) is 1. The van der Waals surface area contributed by atoms with E-state index in [0.29, 0.717) is 25.9 Å². The largest absolute Gasteiger partial charge is 0.394 e. The van der Waals surface area contributed by atoms with E-state index in [1.165, 1.54) is 9.71 Å². The molecule has 7 heteroatoms. The van der Waals surface area contributed by atoms with E-state index in [1.807, 2.05) is 30.3 Å². The Kier molecular flexibility index (Phi) is 6.53. The minimum absolute atomic E-state index is 0.108. The van der Waals surface area contributed by atoms with Gasteiger partial charge in [-0.1, -0.05) is 30.3 Å². The highest BCUT2D eigenvalue weighted by atomic mass is 32.2. The number of aliphatic hydroxyl groups excluding tert-OH is 1. The van der Waals surface area contributed by atoms with Crippen molar-refractivity contribution in [2.24, 2.45) is 5.92 Å². The maximum Gasteiger partial charge on any atom is 0.236 e. The smallest absolute Gasteiger partial charge is 0.236 e. The van der Waals surface area contributed by atoms with Gasteiger partial charge in [-0.3, -0.25) is 4.79 Å². The second-order valence-electron chi connectivity index (χ2n) is 6.02. The van der Waals surface area contributed by atoms with E-state index in [9.17, 15) is 13.2 Å². The Morgan fingerprint density at radius 3 is 2.54 bits per heavy atom. The molecule has 1 aromatic rings. The summed E-state index contributed by atoms with van der Waals surface area (Å²) in [6.07, 6.45) is 2.56.